The summed E-state index contributed by atoms with van der Waals surface area (Å²) in [5, 5.41) is 12.6. The molecule has 0 amide bonds. The van der Waals surface area contributed by atoms with E-state index in [4.69, 9.17) is 4.99 Å². The number of rotatable bonds is 0. The summed E-state index contributed by atoms with van der Waals surface area (Å²) >= 11 is 0. The van der Waals surface area contributed by atoms with Crippen molar-refractivity contribution in [2.24, 2.45) is 9.98 Å². The summed E-state index contributed by atoms with van der Waals surface area (Å²) in [7, 11) is 2.03. The van der Waals surface area contributed by atoms with Crippen LogP contribution in [0.2, 0.25) is 0 Å². The van der Waals surface area contributed by atoms with Gasteiger partial charge in [-0.1, -0.05) is 13.8 Å². The first-order chi connectivity index (χ1) is 10.9. The largest absolute Gasteiger partial charge is 0.388 e. The topological polar surface area (TPSA) is 63.5 Å². The molecule has 4 aliphatic rings. The number of hydrogen-bond donors (Lipinski definition) is 2. The molecule has 0 radical (unpaired) electrons. The number of amidine groups is 2. The van der Waals surface area contributed by atoms with Crippen LogP contribution in [0.1, 0.15) is 53.4 Å². The Morgan fingerprint density at radius 2 is 2.04 bits per heavy atom. The second-order valence-electron chi connectivity index (χ2n) is 6.96. The van der Waals surface area contributed by atoms with Gasteiger partial charge in [-0.25, -0.2) is 9.98 Å². The normalized spacial score (nSPS) is 36.0. The summed E-state index contributed by atoms with van der Waals surface area (Å²) in [6, 6.07) is 0.480. The first kappa shape index (κ1) is 16.5. The van der Waals surface area contributed by atoms with E-state index in [1.807, 2.05) is 34.7 Å². The highest BCUT2D eigenvalue weighted by molar-refractivity contribution is 6.09. The quantitative estimate of drug-likeness (QED) is 0.716. The Morgan fingerprint density at radius 3 is 2.78 bits per heavy atom. The van der Waals surface area contributed by atoms with Crippen LogP contribution in [0.4, 0.5) is 0 Å². The fraction of sp³-hybridized carbons (Fsp3) is 0.765. The van der Waals surface area contributed by atoms with Gasteiger partial charge in [0.25, 0.3) is 0 Å². The van der Waals surface area contributed by atoms with E-state index in [1.54, 1.807) is 0 Å². The van der Waals surface area contributed by atoms with Crippen molar-refractivity contribution in [2.75, 3.05) is 13.6 Å². The zero-order chi connectivity index (χ0) is 16.8. The first-order valence-electron chi connectivity index (χ1n) is 8.80. The lowest BCUT2D eigenvalue weighted by Gasteiger charge is -2.44. The predicted octanol–water partition coefficient (Wildman–Crippen LogP) is 1.88. The number of nitrogens with zero attached hydrogens (tertiary/aromatic N) is 4. The van der Waals surface area contributed by atoms with Crippen LogP contribution in [-0.4, -0.2) is 58.1 Å². The highest BCUT2D eigenvalue weighted by atomic mass is 16.3. The first-order valence-corrected chi connectivity index (χ1v) is 8.80. The van der Waals surface area contributed by atoms with Crippen molar-refractivity contribution in [2.45, 2.75) is 71.2 Å². The van der Waals surface area contributed by atoms with Crippen LogP contribution in [0.5, 0.6) is 0 Å². The molecule has 0 bridgehead atoms. The van der Waals surface area contributed by atoms with Gasteiger partial charge in [-0.2, -0.15) is 5.01 Å². The maximum Gasteiger partial charge on any atom is 0.151 e. The molecule has 0 aromatic rings. The van der Waals surface area contributed by atoms with E-state index in [9.17, 15) is 5.11 Å². The SMILES string of the molecule is CC.CC1=NC2C3=C(CCC4CCC(C)(O)CN4C3=N1)NN2C. The van der Waals surface area contributed by atoms with Crippen LogP contribution in [0.3, 0.4) is 0 Å². The average molecular weight is 319 g/mol. The zero-order valence-corrected chi connectivity index (χ0v) is 14.9. The molecular formula is C17H29N5O. The molecule has 1 fully saturated rings. The van der Waals surface area contributed by atoms with Gasteiger partial charge in [-0.05, 0) is 39.5 Å². The third kappa shape index (κ3) is 2.78. The van der Waals surface area contributed by atoms with Crippen molar-refractivity contribution in [3.05, 3.63) is 11.3 Å². The number of fused-ring (bicyclic) bond motifs is 2. The number of allylic oxidation sites excluding steroid dienone is 1. The van der Waals surface area contributed by atoms with E-state index in [1.165, 1.54) is 11.3 Å². The summed E-state index contributed by atoms with van der Waals surface area (Å²) < 4.78 is 0. The van der Waals surface area contributed by atoms with Crippen LogP contribution in [0, 0.1) is 0 Å². The summed E-state index contributed by atoms with van der Waals surface area (Å²) in [5.41, 5.74) is 5.30. The fourth-order valence-corrected chi connectivity index (χ4v) is 3.98. The lowest BCUT2D eigenvalue weighted by molar-refractivity contribution is -0.0141. The van der Waals surface area contributed by atoms with Gasteiger partial charge >= 0.3 is 0 Å². The predicted molar refractivity (Wildman–Crippen MR) is 93.2 cm³/mol. The highest BCUT2D eigenvalue weighted by Crippen LogP contribution is 2.38. The van der Waals surface area contributed by atoms with Gasteiger partial charge in [0.1, 0.15) is 11.7 Å². The second kappa shape index (κ2) is 5.91. The van der Waals surface area contributed by atoms with Gasteiger partial charge < -0.3 is 15.4 Å². The molecule has 4 aliphatic heterocycles. The van der Waals surface area contributed by atoms with Crippen molar-refractivity contribution >= 4 is 11.7 Å². The minimum Gasteiger partial charge on any atom is -0.388 e. The molecular weight excluding hydrogens is 290 g/mol. The standard InChI is InChI=1S/C15H23N5O.C2H6/c1-9-16-13-12-11(18-19(13)3)5-4-10-6-7-15(2,21)8-20(10)14(12)17-9;1-2/h10,13,18,21H,4-8H2,1-3H3;1-2H3. The summed E-state index contributed by atoms with van der Waals surface area (Å²) in [4.78, 5) is 11.7. The summed E-state index contributed by atoms with van der Waals surface area (Å²) in [6.45, 7) is 8.55. The molecule has 1 saturated heterocycles. The van der Waals surface area contributed by atoms with Crippen molar-refractivity contribution < 1.29 is 5.11 Å². The van der Waals surface area contributed by atoms with Crippen LogP contribution >= 0.6 is 0 Å². The van der Waals surface area contributed by atoms with Gasteiger partial charge in [-0.15, -0.1) is 0 Å². The molecule has 4 rings (SSSR count). The number of hydrazine groups is 1. The van der Waals surface area contributed by atoms with Gasteiger partial charge in [0.15, 0.2) is 6.17 Å². The van der Waals surface area contributed by atoms with E-state index < -0.39 is 5.60 Å². The molecule has 2 N–H and O–H groups in total. The smallest absolute Gasteiger partial charge is 0.151 e. The van der Waals surface area contributed by atoms with Crippen molar-refractivity contribution in [3.8, 4) is 0 Å². The van der Waals surface area contributed by atoms with Gasteiger partial charge in [0.2, 0.25) is 0 Å². The lowest BCUT2D eigenvalue weighted by Crippen LogP contribution is -2.55. The Labute approximate surface area is 138 Å². The molecule has 6 heteroatoms. The Bertz CT molecular complexity index is 578. The number of likely N-dealkylation sites (N-methyl/N-ethyl adjacent to an activating group) is 1. The molecule has 4 heterocycles. The van der Waals surface area contributed by atoms with Crippen LogP contribution in [-0.2, 0) is 0 Å². The van der Waals surface area contributed by atoms with E-state index in [0.29, 0.717) is 12.6 Å². The van der Waals surface area contributed by atoms with Crippen LogP contribution in [0.15, 0.2) is 21.3 Å². The minimum atomic E-state index is -0.625. The highest BCUT2D eigenvalue weighted by Gasteiger charge is 2.44. The second-order valence-corrected chi connectivity index (χ2v) is 6.96. The van der Waals surface area contributed by atoms with E-state index in [0.717, 1.165) is 37.4 Å². The molecule has 3 atom stereocenters. The van der Waals surface area contributed by atoms with E-state index >= 15 is 0 Å². The monoisotopic (exact) mass is 319 g/mol. The third-order valence-electron chi connectivity index (χ3n) is 5.05. The Kier molecular flexibility index (Phi) is 4.23. The molecule has 23 heavy (non-hydrogen) atoms. The van der Waals surface area contributed by atoms with Gasteiger partial charge in [-0.3, -0.25) is 0 Å². The molecule has 0 saturated carbocycles. The maximum atomic E-state index is 10.5. The molecule has 0 aliphatic carbocycles. The molecule has 6 nitrogen and oxygen atoms in total. The van der Waals surface area contributed by atoms with Crippen molar-refractivity contribution in [3.63, 3.8) is 0 Å². The van der Waals surface area contributed by atoms with E-state index in [2.05, 4.69) is 20.3 Å². The fourth-order valence-electron chi connectivity index (χ4n) is 3.98. The van der Waals surface area contributed by atoms with E-state index in [-0.39, 0.29) is 6.17 Å². The number of piperidine rings is 1. The van der Waals surface area contributed by atoms with Gasteiger partial charge in [0, 0.05) is 25.3 Å². The lowest BCUT2D eigenvalue weighted by atomic mass is 9.88. The molecule has 3 unspecified atom stereocenters. The number of aliphatic imine (C=N–C) groups is 2. The number of aliphatic hydroxyl groups is 1. The molecule has 0 aromatic carbocycles. The summed E-state index contributed by atoms with van der Waals surface area (Å²) in [5.74, 6) is 1.85. The minimum absolute atomic E-state index is 0.0260. The molecule has 0 aromatic heterocycles. The van der Waals surface area contributed by atoms with Crippen molar-refractivity contribution in [1.82, 2.24) is 15.3 Å². The van der Waals surface area contributed by atoms with Crippen LogP contribution in [0.25, 0.3) is 0 Å². The maximum absolute atomic E-state index is 10.5. The van der Waals surface area contributed by atoms with Gasteiger partial charge in [0.05, 0.1) is 11.2 Å². The molecule has 128 valence electrons. The zero-order valence-electron chi connectivity index (χ0n) is 14.9. The average Bonchev–Trinajstić information content (AvgIpc) is 2.75. The molecule has 0 spiro atoms. The van der Waals surface area contributed by atoms with Crippen LogP contribution < -0.4 is 5.43 Å². The Balaban J connectivity index is 0.000000753. The third-order valence-corrected chi connectivity index (χ3v) is 5.05. The van der Waals surface area contributed by atoms with Crippen molar-refractivity contribution in [1.29, 1.82) is 0 Å². The number of nitrogens with one attached hydrogen (secondary N) is 1. The summed E-state index contributed by atoms with van der Waals surface area (Å²) in [6.07, 6.45) is 4.07. The Hall–Kier alpha value is -1.40. The number of hydrogen-bond acceptors (Lipinski definition) is 6. The Morgan fingerprint density at radius 1 is 1.30 bits per heavy atom.